The van der Waals surface area contributed by atoms with E-state index in [0.29, 0.717) is 0 Å². The fraction of sp³-hybridized carbons (Fsp3) is 0.167. The zero-order chi connectivity index (χ0) is 19.5. The third-order valence-corrected chi connectivity index (χ3v) is 5.01. The summed E-state index contributed by atoms with van der Waals surface area (Å²) in [6.45, 7) is 3.93. The molecule has 1 aliphatic rings. The fourth-order valence-corrected chi connectivity index (χ4v) is 3.63. The van der Waals surface area contributed by atoms with Gasteiger partial charge in [0.25, 0.3) is 5.91 Å². The first-order valence-electron chi connectivity index (χ1n) is 9.46. The van der Waals surface area contributed by atoms with Gasteiger partial charge in [0.2, 0.25) is 0 Å². The predicted molar refractivity (Wildman–Crippen MR) is 113 cm³/mol. The van der Waals surface area contributed by atoms with Crippen molar-refractivity contribution in [1.82, 2.24) is 0 Å². The lowest BCUT2D eigenvalue weighted by Gasteiger charge is -2.12. The minimum Gasteiger partial charge on any atom is -0.385 e. The molecule has 1 N–H and O–H groups in total. The Kier molecular flexibility index (Phi) is 4.94. The number of carbonyl (C=O) groups is 1. The van der Waals surface area contributed by atoms with Crippen molar-refractivity contribution in [1.29, 1.82) is 0 Å². The summed E-state index contributed by atoms with van der Waals surface area (Å²) >= 11 is 0. The first kappa shape index (κ1) is 18.0. The molecule has 3 aromatic carbocycles. The molecule has 0 atom stereocenters. The summed E-state index contributed by atoms with van der Waals surface area (Å²) in [5.41, 5.74) is 8.10. The van der Waals surface area contributed by atoms with E-state index >= 15 is 0 Å². The number of nitrogens with one attached hydrogen (secondary N) is 1. The third kappa shape index (κ3) is 3.29. The zero-order valence-corrected chi connectivity index (χ0v) is 16.0. The minimum absolute atomic E-state index is 0.134. The van der Waals surface area contributed by atoms with Crippen molar-refractivity contribution in [2.45, 2.75) is 20.3 Å². The van der Waals surface area contributed by atoms with Gasteiger partial charge in [-0.1, -0.05) is 78.8 Å². The SMILES string of the molecule is CCc1cccc(C)c1NC(=O)CON=C1c2ccccc2-c2ccccc21. The van der Waals surface area contributed by atoms with E-state index in [-0.39, 0.29) is 12.5 Å². The molecule has 0 saturated carbocycles. The predicted octanol–water partition coefficient (Wildman–Crippen LogP) is 4.95. The maximum absolute atomic E-state index is 12.4. The van der Waals surface area contributed by atoms with Crippen molar-refractivity contribution < 1.29 is 9.63 Å². The number of benzene rings is 3. The molecule has 0 radical (unpaired) electrons. The van der Waals surface area contributed by atoms with E-state index < -0.39 is 0 Å². The van der Waals surface area contributed by atoms with Crippen LogP contribution in [0.2, 0.25) is 0 Å². The van der Waals surface area contributed by atoms with Gasteiger partial charge in [-0.25, -0.2) is 0 Å². The number of hydrogen-bond acceptors (Lipinski definition) is 3. The molecule has 140 valence electrons. The quantitative estimate of drug-likeness (QED) is 0.506. The topological polar surface area (TPSA) is 50.7 Å². The number of hydrogen-bond donors (Lipinski definition) is 1. The highest BCUT2D eigenvalue weighted by molar-refractivity contribution is 6.24. The van der Waals surface area contributed by atoms with Crippen LogP contribution in [0.15, 0.2) is 71.9 Å². The Bertz CT molecular complexity index is 1020. The normalized spacial score (nSPS) is 11.6. The van der Waals surface area contributed by atoms with Gasteiger partial charge in [-0.05, 0) is 35.6 Å². The fourth-order valence-electron chi connectivity index (χ4n) is 3.63. The van der Waals surface area contributed by atoms with E-state index in [1.165, 1.54) is 0 Å². The van der Waals surface area contributed by atoms with Gasteiger partial charge in [0.15, 0.2) is 6.61 Å². The molecule has 4 rings (SSSR count). The highest BCUT2D eigenvalue weighted by Gasteiger charge is 2.24. The van der Waals surface area contributed by atoms with E-state index in [4.69, 9.17) is 4.84 Å². The average molecular weight is 370 g/mol. The molecule has 3 aromatic rings. The highest BCUT2D eigenvalue weighted by Crippen LogP contribution is 2.36. The number of fused-ring (bicyclic) bond motifs is 3. The van der Waals surface area contributed by atoms with Gasteiger partial charge < -0.3 is 10.2 Å². The Balaban J connectivity index is 1.51. The van der Waals surface area contributed by atoms with Gasteiger partial charge >= 0.3 is 0 Å². The molecule has 0 aliphatic heterocycles. The maximum Gasteiger partial charge on any atom is 0.265 e. The molecule has 4 nitrogen and oxygen atoms in total. The van der Waals surface area contributed by atoms with Crippen LogP contribution < -0.4 is 5.32 Å². The molecule has 0 fully saturated rings. The van der Waals surface area contributed by atoms with E-state index in [0.717, 1.165) is 51.2 Å². The van der Waals surface area contributed by atoms with Crippen LogP contribution in [-0.2, 0) is 16.1 Å². The number of amides is 1. The monoisotopic (exact) mass is 370 g/mol. The molecular formula is C24H22N2O2. The second-order valence-electron chi connectivity index (χ2n) is 6.82. The summed E-state index contributed by atoms with van der Waals surface area (Å²) in [6, 6.07) is 22.2. The summed E-state index contributed by atoms with van der Waals surface area (Å²) in [4.78, 5) is 17.8. The molecule has 28 heavy (non-hydrogen) atoms. The van der Waals surface area contributed by atoms with Crippen molar-refractivity contribution in [2.75, 3.05) is 11.9 Å². The first-order valence-corrected chi connectivity index (χ1v) is 9.46. The minimum atomic E-state index is -0.215. The molecular weight excluding hydrogens is 348 g/mol. The highest BCUT2D eigenvalue weighted by atomic mass is 16.6. The van der Waals surface area contributed by atoms with Gasteiger partial charge in [-0.3, -0.25) is 4.79 Å². The van der Waals surface area contributed by atoms with Crippen LogP contribution in [0.5, 0.6) is 0 Å². The van der Waals surface area contributed by atoms with Gasteiger partial charge in [-0.2, -0.15) is 0 Å². The van der Waals surface area contributed by atoms with E-state index in [1.807, 2.05) is 61.5 Å². The number of anilines is 1. The van der Waals surface area contributed by atoms with Crippen LogP contribution in [0.3, 0.4) is 0 Å². The Morgan fingerprint density at radius 2 is 1.50 bits per heavy atom. The molecule has 1 amide bonds. The largest absolute Gasteiger partial charge is 0.385 e. The third-order valence-electron chi connectivity index (χ3n) is 5.01. The van der Waals surface area contributed by atoms with E-state index in [1.54, 1.807) is 0 Å². The molecule has 1 aliphatic carbocycles. The lowest BCUT2D eigenvalue weighted by molar-refractivity contribution is -0.120. The van der Waals surface area contributed by atoms with Crippen molar-refractivity contribution in [3.8, 4) is 11.1 Å². The Morgan fingerprint density at radius 3 is 2.11 bits per heavy atom. The molecule has 0 aromatic heterocycles. The van der Waals surface area contributed by atoms with Crippen LogP contribution in [-0.4, -0.2) is 18.2 Å². The van der Waals surface area contributed by atoms with Gasteiger partial charge in [0, 0.05) is 16.8 Å². The van der Waals surface area contributed by atoms with Gasteiger partial charge in [0.05, 0.1) is 0 Å². The Hall–Kier alpha value is -3.40. The van der Waals surface area contributed by atoms with Gasteiger partial charge in [-0.15, -0.1) is 0 Å². The van der Waals surface area contributed by atoms with Crippen LogP contribution in [0.1, 0.15) is 29.2 Å². The zero-order valence-electron chi connectivity index (χ0n) is 16.0. The number of rotatable bonds is 5. The Labute approximate surface area is 164 Å². The summed E-state index contributed by atoms with van der Waals surface area (Å²) in [5, 5.41) is 7.27. The van der Waals surface area contributed by atoms with E-state index in [2.05, 4.69) is 29.5 Å². The lowest BCUT2D eigenvalue weighted by Crippen LogP contribution is -2.19. The molecule has 0 saturated heterocycles. The van der Waals surface area contributed by atoms with Crippen LogP contribution in [0.4, 0.5) is 5.69 Å². The van der Waals surface area contributed by atoms with Crippen molar-refractivity contribution >= 4 is 17.3 Å². The summed E-state index contributed by atoms with van der Waals surface area (Å²) in [6.07, 6.45) is 0.855. The Morgan fingerprint density at radius 1 is 0.893 bits per heavy atom. The lowest BCUT2D eigenvalue weighted by atomic mass is 10.1. The second-order valence-corrected chi connectivity index (χ2v) is 6.82. The smallest absolute Gasteiger partial charge is 0.265 e. The summed E-state index contributed by atoms with van der Waals surface area (Å²) in [7, 11) is 0. The summed E-state index contributed by atoms with van der Waals surface area (Å²) < 4.78 is 0. The number of oxime groups is 1. The first-order chi connectivity index (χ1) is 13.7. The number of aryl methyl sites for hydroxylation is 2. The van der Waals surface area contributed by atoms with Crippen LogP contribution in [0, 0.1) is 6.92 Å². The van der Waals surface area contributed by atoms with Crippen LogP contribution >= 0.6 is 0 Å². The van der Waals surface area contributed by atoms with E-state index in [9.17, 15) is 4.79 Å². The van der Waals surface area contributed by atoms with Crippen LogP contribution in [0.25, 0.3) is 11.1 Å². The average Bonchev–Trinajstić information content (AvgIpc) is 3.04. The van der Waals surface area contributed by atoms with Crippen molar-refractivity contribution in [2.24, 2.45) is 5.16 Å². The molecule has 0 spiro atoms. The number of nitrogens with zero attached hydrogens (tertiary/aromatic N) is 1. The maximum atomic E-state index is 12.4. The molecule has 0 unspecified atom stereocenters. The second kappa shape index (κ2) is 7.69. The number of carbonyl (C=O) groups excluding carboxylic acids is 1. The molecule has 0 heterocycles. The van der Waals surface area contributed by atoms with Crippen molar-refractivity contribution in [3.63, 3.8) is 0 Å². The van der Waals surface area contributed by atoms with Crippen molar-refractivity contribution in [3.05, 3.63) is 89.0 Å². The van der Waals surface area contributed by atoms with Gasteiger partial charge in [0.1, 0.15) is 5.71 Å². The molecule has 0 bridgehead atoms. The summed E-state index contributed by atoms with van der Waals surface area (Å²) in [5.74, 6) is -0.215. The standard InChI is InChI=1S/C24H22N2O2/c1-3-17-10-8-9-16(2)23(17)25-22(27)15-28-26-24-20-13-6-4-11-18(20)19-12-5-7-14-21(19)24/h4-14H,3,15H2,1-2H3,(H,25,27). The molecule has 4 heteroatoms. The number of para-hydroxylation sites is 1.